The van der Waals surface area contributed by atoms with Gasteiger partial charge in [-0.15, -0.1) is 12.4 Å². The largest absolute Gasteiger partial charge is 0.351 e. The predicted octanol–water partition coefficient (Wildman–Crippen LogP) is 1.67. The smallest absolute Gasteiger partial charge is 0.251 e. The Labute approximate surface area is 103 Å². The van der Waals surface area contributed by atoms with Gasteiger partial charge in [0.05, 0.1) is 0 Å². The number of likely N-dealkylation sites (N-methyl/N-ethyl adjacent to an activating group) is 1. The maximum absolute atomic E-state index is 11.8. The second-order valence-corrected chi connectivity index (χ2v) is 3.68. The van der Waals surface area contributed by atoms with Crippen molar-refractivity contribution in [2.75, 3.05) is 20.1 Å². The molecule has 1 aromatic rings. The van der Waals surface area contributed by atoms with Crippen LogP contribution in [0.3, 0.4) is 0 Å². The van der Waals surface area contributed by atoms with Gasteiger partial charge in [0.1, 0.15) is 0 Å². The van der Waals surface area contributed by atoms with E-state index < -0.39 is 0 Å². The van der Waals surface area contributed by atoms with Gasteiger partial charge in [0.2, 0.25) is 0 Å². The van der Waals surface area contributed by atoms with Crippen LogP contribution in [0.2, 0.25) is 0 Å². The van der Waals surface area contributed by atoms with Crippen molar-refractivity contribution < 1.29 is 4.79 Å². The summed E-state index contributed by atoms with van der Waals surface area (Å²) in [6.07, 6.45) is 0. The summed E-state index contributed by atoms with van der Waals surface area (Å²) in [5, 5.41) is 5.85. The van der Waals surface area contributed by atoms with Crippen molar-refractivity contribution in [3.63, 3.8) is 0 Å². The molecular formula is C12H19ClN2O. The summed E-state index contributed by atoms with van der Waals surface area (Å²) in [7, 11) is 1.87. The van der Waals surface area contributed by atoms with Crippen LogP contribution in [0.25, 0.3) is 0 Å². The maximum atomic E-state index is 11.8. The summed E-state index contributed by atoms with van der Waals surface area (Å²) in [6, 6.07) is 5.91. The Balaban J connectivity index is 0.00000225. The lowest BCUT2D eigenvalue weighted by Crippen LogP contribution is -2.30. The first-order valence-corrected chi connectivity index (χ1v) is 5.15. The monoisotopic (exact) mass is 242 g/mol. The number of halogens is 1. The van der Waals surface area contributed by atoms with Crippen LogP contribution < -0.4 is 10.6 Å². The highest BCUT2D eigenvalue weighted by atomic mass is 35.5. The minimum absolute atomic E-state index is 0. The van der Waals surface area contributed by atoms with E-state index in [4.69, 9.17) is 0 Å². The van der Waals surface area contributed by atoms with Gasteiger partial charge >= 0.3 is 0 Å². The Morgan fingerprint density at radius 1 is 1.25 bits per heavy atom. The first kappa shape index (κ1) is 14.9. The molecule has 0 aliphatic carbocycles. The molecule has 0 saturated carbocycles. The van der Waals surface area contributed by atoms with E-state index in [9.17, 15) is 4.79 Å². The number of carbonyl (C=O) groups is 1. The summed E-state index contributed by atoms with van der Waals surface area (Å²) in [4.78, 5) is 11.8. The first-order chi connectivity index (χ1) is 7.15. The van der Waals surface area contributed by atoms with Crippen LogP contribution >= 0.6 is 12.4 Å². The second kappa shape index (κ2) is 7.25. The quantitative estimate of drug-likeness (QED) is 0.789. The fraction of sp³-hybridized carbons (Fsp3) is 0.417. The van der Waals surface area contributed by atoms with Gasteiger partial charge in [-0.05, 0) is 32.5 Å². The molecule has 0 fully saturated rings. The molecule has 0 unspecified atom stereocenters. The SMILES string of the molecule is CNCCNC(=O)c1cc(C)ccc1C.Cl. The molecule has 0 radical (unpaired) electrons. The van der Waals surface area contributed by atoms with E-state index in [1.807, 2.05) is 39.1 Å². The molecule has 16 heavy (non-hydrogen) atoms. The van der Waals surface area contributed by atoms with E-state index in [1.165, 1.54) is 0 Å². The van der Waals surface area contributed by atoms with Crippen LogP contribution in [-0.4, -0.2) is 26.0 Å². The zero-order valence-electron chi connectivity index (χ0n) is 9.96. The van der Waals surface area contributed by atoms with Crippen molar-refractivity contribution in [2.45, 2.75) is 13.8 Å². The van der Waals surface area contributed by atoms with E-state index in [1.54, 1.807) is 0 Å². The number of nitrogens with one attached hydrogen (secondary N) is 2. The molecule has 0 spiro atoms. The normalized spacial score (nSPS) is 9.44. The predicted molar refractivity (Wildman–Crippen MR) is 69.4 cm³/mol. The number of hydrogen-bond acceptors (Lipinski definition) is 2. The summed E-state index contributed by atoms with van der Waals surface area (Å²) in [6.45, 7) is 5.38. The molecule has 1 aromatic carbocycles. The fourth-order valence-electron chi connectivity index (χ4n) is 1.38. The summed E-state index contributed by atoms with van der Waals surface area (Å²) >= 11 is 0. The molecular weight excluding hydrogens is 224 g/mol. The number of aryl methyl sites for hydroxylation is 2. The van der Waals surface area contributed by atoms with E-state index in [0.29, 0.717) is 6.54 Å². The Morgan fingerprint density at radius 2 is 1.94 bits per heavy atom. The fourth-order valence-corrected chi connectivity index (χ4v) is 1.38. The topological polar surface area (TPSA) is 41.1 Å². The van der Waals surface area contributed by atoms with Crippen molar-refractivity contribution in [1.82, 2.24) is 10.6 Å². The van der Waals surface area contributed by atoms with E-state index in [2.05, 4.69) is 10.6 Å². The highest BCUT2D eigenvalue weighted by Gasteiger charge is 2.07. The van der Waals surface area contributed by atoms with Crippen LogP contribution in [0.15, 0.2) is 18.2 Å². The minimum Gasteiger partial charge on any atom is -0.351 e. The number of carbonyl (C=O) groups excluding carboxylic acids is 1. The highest BCUT2D eigenvalue weighted by molar-refractivity contribution is 5.95. The Morgan fingerprint density at radius 3 is 2.56 bits per heavy atom. The van der Waals surface area contributed by atoms with Gasteiger partial charge in [0, 0.05) is 18.7 Å². The Hall–Kier alpha value is -1.06. The van der Waals surface area contributed by atoms with Gasteiger partial charge in [0.25, 0.3) is 5.91 Å². The average Bonchev–Trinajstić information content (AvgIpc) is 2.22. The molecule has 3 nitrogen and oxygen atoms in total. The van der Waals surface area contributed by atoms with E-state index in [-0.39, 0.29) is 18.3 Å². The van der Waals surface area contributed by atoms with Crippen molar-refractivity contribution in [3.8, 4) is 0 Å². The van der Waals surface area contributed by atoms with Gasteiger partial charge < -0.3 is 10.6 Å². The van der Waals surface area contributed by atoms with Crippen molar-refractivity contribution in [3.05, 3.63) is 34.9 Å². The molecule has 0 bridgehead atoms. The van der Waals surface area contributed by atoms with Crippen LogP contribution in [0, 0.1) is 13.8 Å². The van der Waals surface area contributed by atoms with Gasteiger partial charge in [-0.1, -0.05) is 17.7 Å². The van der Waals surface area contributed by atoms with E-state index in [0.717, 1.165) is 23.2 Å². The molecule has 1 rings (SSSR count). The Kier molecular flexibility index (Phi) is 6.77. The van der Waals surface area contributed by atoms with Gasteiger partial charge in [-0.25, -0.2) is 0 Å². The summed E-state index contributed by atoms with van der Waals surface area (Å²) in [5.41, 5.74) is 2.90. The third kappa shape index (κ3) is 4.21. The van der Waals surface area contributed by atoms with Gasteiger partial charge in [-0.2, -0.15) is 0 Å². The van der Waals surface area contributed by atoms with Crippen LogP contribution in [0.1, 0.15) is 21.5 Å². The van der Waals surface area contributed by atoms with Crippen LogP contribution in [0.4, 0.5) is 0 Å². The number of hydrogen-bond donors (Lipinski definition) is 2. The third-order valence-corrected chi connectivity index (χ3v) is 2.30. The lowest BCUT2D eigenvalue weighted by molar-refractivity contribution is 0.0953. The molecule has 0 heterocycles. The zero-order chi connectivity index (χ0) is 11.3. The van der Waals surface area contributed by atoms with E-state index >= 15 is 0 Å². The molecule has 0 aliphatic heterocycles. The Bertz CT molecular complexity index is 353. The standard InChI is InChI=1S/C12H18N2O.ClH/c1-9-4-5-10(2)11(8-9)12(15)14-7-6-13-3;/h4-5,8,13H,6-7H2,1-3H3,(H,14,15);1H. The summed E-state index contributed by atoms with van der Waals surface area (Å²) < 4.78 is 0. The zero-order valence-corrected chi connectivity index (χ0v) is 10.8. The highest BCUT2D eigenvalue weighted by Crippen LogP contribution is 2.10. The molecule has 4 heteroatoms. The molecule has 1 amide bonds. The molecule has 0 atom stereocenters. The lowest BCUT2D eigenvalue weighted by Gasteiger charge is -2.08. The molecule has 0 aliphatic rings. The second-order valence-electron chi connectivity index (χ2n) is 3.68. The maximum Gasteiger partial charge on any atom is 0.251 e. The van der Waals surface area contributed by atoms with Gasteiger partial charge in [0.15, 0.2) is 0 Å². The number of rotatable bonds is 4. The van der Waals surface area contributed by atoms with Crippen molar-refractivity contribution in [2.24, 2.45) is 0 Å². The minimum atomic E-state index is 0. The first-order valence-electron chi connectivity index (χ1n) is 5.15. The lowest BCUT2D eigenvalue weighted by atomic mass is 10.1. The molecule has 2 N–H and O–H groups in total. The third-order valence-electron chi connectivity index (χ3n) is 2.30. The summed E-state index contributed by atoms with van der Waals surface area (Å²) in [5.74, 6) is 0.00597. The number of amides is 1. The molecule has 90 valence electrons. The molecule has 0 aromatic heterocycles. The van der Waals surface area contributed by atoms with Gasteiger partial charge in [-0.3, -0.25) is 4.79 Å². The van der Waals surface area contributed by atoms with Crippen molar-refractivity contribution in [1.29, 1.82) is 0 Å². The number of benzene rings is 1. The van der Waals surface area contributed by atoms with Crippen LogP contribution in [-0.2, 0) is 0 Å². The van der Waals surface area contributed by atoms with Crippen molar-refractivity contribution >= 4 is 18.3 Å². The average molecular weight is 243 g/mol. The molecule has 0 saturated heterocycles. The van der Waals surface area contributed by atoms with Crippen LogP contribution in [0.5, 0.6) is 0 Å².